The van der Waals surface area contributed by atoms with Gasteiger partial charge in [-0.1, -0.05) is 0 Å². The van der Waals surface area contributed by atoms with Crippen LogP contribution in [0.2, 0.25) is 0 Å². The monoisotopic (exact) mass is 195 g/mol. The second-order valence-electron chi connectivity index (χ2n) is 3.01. The zero-order valence-corrected chi connectivity index (χ0v) is 8.06. The molecule has 76 valence electrons. The Morgan fingerprint density at radius 1 is 1.50 bits per heavy atom. The third-order valence-electron chi connectivity index (χ3n) is 1.72. The largest absolute Gasteiger partial charge is 0.337 e. The van der Waals surface area contributed by atoms with Gasteiger partial charge in [0.05, 0.1) is 0 Å². The second kappa shape index (κ2) is 5.16. The van der Waals surface area contributed by atoms with Crippen LogP contribution in [-0.2, 0) is 4.79 Å². The number of carbonyl (C=O) groups is 2. The van der Waals surface area contributed by atoms with Crippen molar-refractivity contribution in [1.29, 1.82) is 0 Å². The van der Waals surface area contributed by atoms with E-state index in [0.717, 1.165) is 0 Å². The zero-order chi connectivity index (χ0) is 10.4. The number of aromatic nitrogens is 2. The van der Waals surface area contributed by atoms with E-state index in [4.69, 9.17) is 0 Å². The Labute approximate surface area is 82.1 Å². The molecular formula is C9H13N3O2. The highest BCUT2D eigenvalue weighted by Gasteiger charge is 2.01. The number of imidazole rings is 1. The van der Waals surface area contributed by atoms with Gasteiger partial charge in [0.15, 0.2) is 0 Å². The average Bonchev–Trinajstić information content (AvgIpc) is 2.64. The first-order valence-corrected chi connectivity index (χ1v) is 4.46. The van der Waals surface area contributed by atoms with Crippen molar-refractivity contribution in [3.05, 3.63) is 18.7 Å². The van der Waals surface area contributed by atoms with Crippen LogP contribution in [0, 0.1) is 0 Å². The molecule has 0 radical (unpaired) electrons. The quantitative estimate of drug-likeness (QED) is 0.723. The van der Waals surface area contributed by atoms with E-state index < -0.39 is 0 Å². The topological polar surface area (TPSA) is 64.0 Å². The van der Waals surface area contributed by atoms with Crippen molar-refractivity contribution in [3.63, 3.8) is 0 Å². The van der Waals surface area contributed by atoms with Crippen molar-refractivity contribution in [2.45, 2.75) is 19.8 Å². The van der Waals surface area contributed by atoms with Crippen LogP contribution in [-0.4, -0.2) is 27.9 Å². The van der Waals surface area contributed by atoms with Gasteiger partial charge in [-0.25, -0.2) is 9.78 Å². The van der Waals surface area contributed by atoms with E-state index in [0.29, 0.717) is 19.4 Å². The molecule has 0 aliphatic rings. The molecule has 1 amide bonds. The van der Waals surface area contributed by atoms with Gasteiger partial charge >= 0.3 is 6.03 Å². The van der Waals surface area contributed by atoms with E-state index in [1.54, 1.807) is 6.20 Å². The molecule has 0 spiro atoms. The van der Waals surface area contributed by atoms with E-state index >= 15 is 0 Å². The van der Waals surface area contributed by atoms with Crippen molar-refractivity contribution >= 4 is 11.8 Å². The molecule has 0 fully saturated rings. The molecule has 1 N–H and O–H groups in total. The fourth-order valence-corrected chi connectivity index (χ4v) is 1.00. The Balaban J connectivity index is 2.19. The van der Waals surface area contributed by atoms with Crippen LogP contribution < -0.4 is 5.32 Å². The molecule has 0 unspecified atom stereocenters. The van der Waals surface area contributed by atoms with Gasteiger partial charge in [-0.05, 0) is 13.3 Å². The highest BCUT2D eigenvalue weighted by Crippen LogP contribution is 1.89. The van der Waals surface area contributed by atoms with Crippen LogP contribution in [0.5, 0.6) is 0 Å². The van der Waals surface area contributed by atoms with E-state index in [9.17, 15) is 9.59 Å². The smallest absolute Gasteiger partial charge is 0.326 e. The molecule has 5 nitrogen and oxygen atoms in total. The molecule has 1 aromatic rings. The van der Waals surface area contributed by atoms with Crippen LogP contribution in [0.25, 0.3) is 0 Å². The first kappa shape index (κ1) is 10.4. The molecule has 0 aromatic carbocycles. The van der Waals surface area contributed by atoms with Gasteiger partial charge in [0.1, 0.15) is 12.1 Å². The first-order valence-electron chi connectivity index (χ1n) is 4.46. The molecule has 14 heavy (non-hydrogen) atoms. The maximum atomic E-state index is 11.3. The van der Waals surface area contributed by atoms with Gasteiger partial charge in [0, 0.05) is 25.4 Å². The fourth-order valence-electron chi connectivity index (χ4n) is 1.00. The van der Waals surface area contributed by atoms with Crippen molar-refractivity contribution in [2.24, 2.45) is 0 Å². The number of ketones is 1. The lowest BCUT2D eigenvalue weighted by Gasteiger charge is -2.03. The van der Waals surface area contributed by atoms with Crippen LogP contribution >= 0.6 is 0 Å². The molecule has 1 heterocycles. The highest BCUT2D eigenvalue weighted by molar-refractivity contribution is 5.77. The standard InChI is InChI=1S/C9H13N3O2/c1-8(13)3-2-4-11-9(14)12-6-5-10-7-12/h5-7H,2-4H2,1H3,(H,11,14). The normalized spacial score (nSPS) is 9.79. The maximum absolute atomic E-state index is 11.3. The first-order chi connectivity index (χ1) is 6.70. The van der Waals surface area contributed by atoms with Crippen molar-refractivity contribution in [2.75, 3.05) is 6.54 Å². The third-order valence-corrected chi connectivity index (χ3v) is 1.72. The Morgan fingerprint density at radius 3 is 2.86 bits per heavy atom. The number of rotatable bonds is 4. The lowest BCUT2D eigenvalue weighted by Crippen LogP contribution is -2.28. The van der Waals surface area contributed by atoms with Gasteiger partial charge < -0.3 is 10.1 Å². The Kier molecular flexibility index (Phi) is 3.84. The average molecular weight is 195 g/mol. The molecule has 0 bridgehead atoms. The van der Waals surface area contributed by atoms with Crippen molar-refractivity contribution < 1.29 is 9.59 Å². The predicted molar refractivity (Wildman–Crippen MR) is 50.9 cm³/mol. The Morgan fingerprint density at radius 2 is 2.29 bits per heavy atom. The Hall–Kier alpha value is -1.65. The lowest BCUT2D eigenvalue weighted by molar-refractivity contribution is -0.117. The summed E-state index contributed by atoms with van der Waals surface area (Å²) in [6.45, 7) is 2.05. The minimum Gasteiger partial charge on any atom is -0.337 e. The van der Waals surface area contributed by atoms with Gasteiger partial charge in [-0.2, -0.15) is 0 Å². The zero-order valence-electron chi connectivity index (χ0n) is 8.06. The summed E-state index contributed by atoms with van der Waals surface area (Å²) in [4.78, 5) is 25.6. The number of hydrogen-bond acceptors (Lipinski definition) is 3. The van der Waals surface area contributed by atoms with E-state index in [1.807, 2.05) is 0 Å². The van der Waals surface area contributed by atoms with E-state index in [-0.39, 0.29) is 11.8 Å². The number of amides is 1. The highest BCUT2D eigenvalue weighted by atomic mass is 16.2. The molecular weight excluding hydrogens is 182 g/mol. The van der Waals surface area contributed by atoms with Crippen molar-refractivity contribution in [3.8, 4) is 0 Å². The molecule has 1 aromatic heterocycles. The van der Waals surface area contributed by atoms with Crippen LogP contribution in [0.1, 0.15) is 19.8 Å². The Bertz CT molecular complexity index is 306. The summed E-state index contributed by atoms with van der Waals surface area (Å²) in [7, 11) is 0. The molecule has 5 heteroatoms. The number of nitrogens with zero attached hydrogens (tertiary/aromatic N) is 2. The summed E-state index contributed by atoms with van der Waals surface area (Å²) in [5.41, 5.74) is 0. The number of Topliss-reactive ketones (excluding diaryl/α,β-unsaturated/α-hetero) is 1. The molecule has 0 saturated carbocycles. The summed E-state index contributed by atoms with van der Waals surface area (Å²) in [6, 6.07) is -0.217. The lowest BCUT2D eigenvalue weighted by atomic mass is 10.2. The molecule has 1 rings (SSSR count). The maximum Gasteiger partial charge on any atom is 0.326 e. The summed E-state index contributed by atoms with van der Waals surface area (Å²) in [5, 5.41) is 2.67. The van der Waals surface area contributed by atoms with Crippen LogP contribution in [0.15, 0.2) is 18.7 Å². The summed E-state index contributed by atoms with van der Waals surface area (Å²) in [6.07, 6.45) is 5.72. The molecule has 0 atom stereocenters. The number of carbonyl (C=O) groups excluding carboxylic acids is 2. The molecule has 0 aliphatic carbocycles. The van der Waals surface area contributed by atoms with Crippen LogP contribution in [0.4, 0.5) is 4.79 Å². The number of hydrogen-bond donors (Lipinski definition) is 1. The fraction of sp³-hybridized carbons (Fsp3) is 0.444. The second-order valence-corrected chi connectivity index (χ2v) is 3.01. The van der Waals surface area contributed by atoms with Crippen molar-refractivity contribution in [1.82, 2.24) is 14.9 Å². The SMILES string of the molecule is CC(=O)CCCNC(=O)n1ccnc1. The van der Waals surface area contributed by atoms with Gasteiger partial charge in [0.2, 0.25) is 0 Å². The van der Waals surface area contributed by atoms with Gasteiger partial charge in [-0.3, -0.25) is 4.57 Å². The predicted octanol–water partition coefficient (Wildman–Crippen LogP) is 0.810. The van der Waals surface area contributed by atoms with E-state index in [2.05, 4.69) is 10.3 Å². The van der Waals surface area contributed by atoms with Gasteiger partial charge in [0.25, 0.3) is 0 Å². The van der Waals surface area contributed by atoms with Gasteiger partial charge in [-0.15, -0.1) is 0 Å². The summed E-state index contributed by atoms with van der Waals surface area (Å²) >= 11 is 0. The molecule has 0 saturated heterocycles. The minimum atomic E-state index is -0.217. The summed E-state index contributed by atoms with van der Waals surface area (Å²) in [5.74, 6) is 0.141. The minimum absolute atomic E-state index is 0.141. The summed E-state index contributed by atoms with van der Waals surface area (Å²) < 4.78 is 1.35. The van der Waals surface area contributed by atoms with Crippen LogP contribution in [0.3, 0.4) is 0 Å². The molecule has 0 aliphatic heterocycles. The third kappa shape index (κ3) is 3.38. The van der Waals surface area contributed by atoms with E-state index in [1.165, 1.54) is 24.0 Å². The number of nitrogens with one attached hydrogen (secondary N) is 1.